The molecule has 0 fully saturated rings. The van der Waals surface area contributed by atoms with Gasteiger partial charge in [-0.05, 0) is 13.8 Å². The first-order valence-corrected chi connectivity index (χ1v) is 8.34. The van der Waals surface area contributed by atoms with Gasteiger partial charge in [0, 0.05) is 5.56 Å². The first-order chi connectivity index (χ1) is 14.1. The van der Waals surface area contributed by atoms with E-state index in [2.05, 4.69) is 20.0 Å². The molecule has 1 aliphatic heterocycles. The number of fused-ring (bicyclic) bond motifs is 1. The summed E-state index contributed by atoms with van der Waals surface area (Å²) in [4.78, 5) is 19.4. The molecule has 13 heteroatoms. The monoisotopic (exact) mass is 431 g/mol. The standard InChI is InChI=1S/C17H14F5N5O3/c1-3-29-17(28)30-13-4(2)25-15-7(14(23)26-16(24)27-15)5(13)6-8(18)10(20)12(22)11(21)9(6)19/h5H,3H2,1-2H3,(H5,23,24,25,26,27). The van der Waals surface area contributed by atoms with Gasteiger partial charge in [-0.25, -0.2) is 26.7 Å². The molecule has 5 N–H and O–H groups in total. The van der Waals surface area contributed by atoms with Gasteiger partial charge in [-0.1, -0.05) is 0 Å². The fourth-order valence-electron chi connectivity index (χ4n) is 2.99. The Labute approximate surface area is 165 Å². The van der Waals surface area contributed by atoms with Crippen LogP contribution in [0.1, 0.15) is 30.9 Å². The summed E-state index contributed by atoms with van der Waals surface area (Å²) in [6, 6.07) is 0. The number of aromatic nitrogens is 2. The zero-order chi connectivity index (χ0) is 22.3. The molecule has 2 heterocycles. The second-order valence-corrected chi connectivity index (χ2v) is 6.05. The van der Waals surface area contributed by atoms with Crippen molar-refractivity contribution in [2.24, 2.45) is 0 Å². The van der Waals surface area contributed by atoms with Crippen LogP contribution in [0.15, 0.2) is 11.5 Å². The molecular weight excluding hydrogens is 417 g/mol. The fraction of sp³-hybridized carbons (Fsp3) is 0.235. The SMILES string of the molecule is CCOC(=O)OC1=C(C)Nc2nc(N)nc(N)c2C1c1c(F)c(F)c(F)c(F)c1F. The van der Waals surface area contributed by atoms with Crippen molar-refractivity contribution < 1.29 is 36.2 Å². The number of halogens is 5. The summed E-state index contributed by atoms with van der Waals surface area (Å²) in [7, 11) is 0. The van der Waals surface area contributed by atoms with Gasteiger partial charge in [0.05, 0.1) is 23.8 Å². The van der Waals surface area contributed by atoms with Gasteiger partial charge in [-0.3, -0.25) is 0 Å². The predicted molar refractivity (Wildman–Crippen MR) is 93.4 cm³/mol. The van der Waals surface area contributed by atoms with Crippen molar-refractivity contribution in [2.45, 2.75) is 19.8 Å². The summed E-state index contributed by atoms with van der Waals surface area (Å²) in [5.74, 6) is -14.3. The number of benzene rings is 1. The average molecular weight is 431 g/mol. The number of hydrogen-bond acceptors (Lipinski definition) is 8. The van der Waals surface area contributed by atoms with Crippen LogP contribution >= 0.6 is 0 Å². The lowest BCUT2D eigenvalue weighted by molar-refractivity contribution is 0.0774. The summed E-state index contributed by atoms with van der Waals surface area (Å²) >= 11 is 0. The van der Waals surface area contributed by atoms with Gasteiger partial charge in [0.25, 0.3) is 0 Å². The number of nitrogens with zero attached hydrogens (tertiary/aromatic N) is 2. The van der Waals surface area contributed by atoms with Crippen LogP contribution in [0.4, 0.5) is 44.3 Å². The summed E-state index contributed by atoms with van der Waals surface area (Å²) < 4.78 is 80.3. The molecule has 1 aromatic heterocycles. The smallest absolute Gasteiger partial charge is 0.434 e. The molecule has 0 aliphatic carbocycles. The Morgan fingerprint density at radius 1 is 1.00 bits per heavy atom. The highest BCUT2D eigenvalue weighted by atomic mass is 19.2. The number of nitrogen functional groups attached to an aromatic ring is 2. The van der Waals surface area contributed by atoms with Gasteiger partial charge in [0.15, 0.2) is 23.3 Å². The predicted octanol–water partition coefficient (Wildman–Crippen LogP) is 3.30. The Kier molecular flexibility index (Phi) is 5.37. The molecule has 1 aliphatic rings. The molecule has 1 atom stereocenters. The van der Waals surface area contributed by atoms with E-state index in [1.54, 1.807) is 0 Å². The van der Waals surface area contributed by atoms with Crippen molar-refractivity contribution in [3.05, 3.63) is 51.7 Å². The van der Waals surface area contributed by atoms with Crippen LogP contribution in [0.25, 0.3) is 0 Å². The zero-order valence-electron chi connectivity index (χ0n) is 15.4. The highest BCUT2D eigenvalue weighted by molar-refractivity contribution is 5.71. The second kappa shape index (κ2) is 7.65. The van der Waals surface area contributed by atoms with Crippen LogP contribution in [0, 0.1) is 29.1 Å². The third-order valence-corrected chi connectivity index (χ3v) is 4.21. The van der Waals surface area contributed by atoms with Crippen molar-refractivity contribution in [3.63, 3.8) is 0 Å². The molecule has 0 amide bonds. The fourth-order valence-corrected chi connectivity index (χ4v) is 2.99. The number of carbonyl (C=O) groups excluding carboxylic acids is 1. The zero-order valence-corrected chi connectivity index (χ0v) is 15.4. The van der Waals surface area contributed by atoms with E-state index in [0.717, 1.165) is 0 Å². The topological polar surface area (TPSA) is 125 Å². The van der Waals surface area contributed by atoms with E-state index in [4.69, 9.17) is 16.2 Å². The number of anilines is 3. The van der Waals surface area contributed by atoms with Crippen molar-refractivity contribution in [3.8, 4) is 0 Å². The molecule has 0 bridgehead atoms. The van der Waals surface area contributed by atoms with Crippen molar-refractivity contribution in [2.75, 3.05) is 23.4 Å². The normalized spacial score (nSPS) is 15.5. The molecule has 0 saturated carbocycles. The number of allylic oxidation sites excluding steroid dienone is 2. The summed E-state index contributed by atoms with van der Waals surface area (Å²) in [5.41, 5.74) is 9.66. The van der Waals surface area contributed by atoms with Crippen LogP contribution < -0.4 is 16.8 Å². The minimum absolute atomic E-state index is 0.0398. The Bertz CT molecular complexity index is 1060. The Morgan fingerprint density at radius 3 is 2.13 bits per heavy atom. The van der Waals surface area contributed by atoms with Gasteiger partial charge in [0.2, 0.25) is 11.8 Å². The average Bonchev–Trinajstić information content (AvgIpc) is 2.67. The molecule has 160 valence electrons. The number of nitrogens with two attached hydrogens (primary N) is 2. The van der Waals surface area contributed by atoms with Crippen LogP contribution in [0.5, 0.6) is 0 Å². The van der Waals surface area contributed by atoms with E-state index in [9.17, 15) is 26.7 Å². The molecule has 0 radical (unpaired) electrons. The van der Waals surface area contributed by atoms with Gasteiger partial charge in [-0.15, -0.1) is 0 Å². The number of rotatable bonds is 3. The Hall–Kier alpha value is -3.64. The molecule has 1 unspecified atom stereocenters. The number of hydrogen-bond donors (Lipinski definition) is 3. The van der Waals surface area contributed by atoms with Crippen LogP contribution in [0.2, 0.25) is 0 Å². The van der Waals surface area contributed by atoms with E-state index in [0.29, 0.717) is 0 Å². The molecule has 3 rings (SSSR count). The van der Waals surface area contributed by atoms with E-state index in [-0.39, 0.29) is 29.6 Å². The highest BCUT2D eigenvalue weighted by Gasteiger charge is 2.41. The third-order valence-electron chi connectivity index (χ3n) is 4.21. The van der Waals surface area contributed by atoms with E-state index in [1.165, 1.54) is 13.8 Å². The molecule has 30 heavy (non-hydrogen) atoms. The number of ether oxygens (including phenoxy) is 2. The van der Waals surface area contributed by atoms with Gasteiger partial charge in [-0.2, -0.15) is 9.97 Å². The van der Waals surface area contributed by atoms with Crippen molar-refractivity contribution in [1.29, 1.82) is 0 Å². The molecular formula is C17H14F5N5O3. The maximum atomic E-state index is 14.6. The number of carbonyl (C=O) groups is 1. The van der Waals surface area contributed by atoms with Gasteiger partial charge < -0.3 is 26.3 Å². The lowest BCUT2D eigenvalue weighted by Crippen LogP contribution is -2.27. The molecule has 2 aromatic rings. The van der Waals surface area contributed by atoms with Crippen molar-refractivity contribution in [1.82, 2.24) is 9.97 Å². The van der Waals surface area contributed by atoms with Gasteiger partial charge >= 0.3 is 6.16 Å². The number of nitrogens with one attached hydrogen (secondary N) is 1. The van der Waals surface area contributed by atoms with Crippen LogP contribution in [-0.4, -0.2) is 22.7 Å². The van der Waals surface area contributed by atoms with Crippen molar-refractivity contribution >= 4 is 23.7 Å². The summed E-state index contributed by atoms with van der Waals surface area (Å²) in [6.07, 6.45) is -1.28. The second-order valence-electron chi connectivity index (χ2n) is 6.05. The lowest BCUT2D eigenvalue weighted by Gasteiger charge is -2.30. The van der Waals surface area contributed by atoms with Crippen LogP contribution in [-0.2, 0) is 9.47 Å². The summed E-state index contributed by atoms with van der Waals surface area (Å²) in [5, 5.41) is 2.65. The quantitative estimate of drug-likeness (QED) is 0.293. The van der Waals surface area contributed by atoms with E-state index in [1.807, 2.05) is 0 Å². The minimum atomic E-state index is -2.35. The molecule has 8 nitrogen and oxygen atoms in total. The largest absolute Gasteiger partial charge is 0.513 e. The molecule has 1 aromatic carbocycles. The molecule has 0 saturated heterocycles. The minimum Gasteiger partial charge on any atom is -0.434 e. The Balaban J connectivity index is 2.35. The third kappa shape index (κ3) is 3.31. The first-order valence-electron chi connectivity index (χ1n) is 8.34. The van der Waals surface area contributed by atoms with E-state index < -0.39 is 58.3 Å². The highest BCUT2D eigenvalue weighted by Crippen LogP contribution is 2.46. The van der Waals surface area contributed by atoms with Gasteiger partial charge in [0.1, 0.15) is 17.4 Å². The lowest BCUT2D eigenvalue weighted by atomic mass is 9.85. The van der Waals surface area contributed by atoms with Crippen LogP contribution in [0.3, 0.4) is 0 Å². The first kappa shape index (κ1) is 21.1. The Morgan fingerprint density at radius 2 is 1.57 bits per heavy atom. The van der Waals surface area contributed by atoms with E-state index >= 15 is 0 Å². The molecule has 0 spiro atoms. The maximum Gasteiger partial charge on any atom is 0.513 e. The maximum absolute atomic E-state index is 14.6. The summed E-state index contributed by atoms with van der Waals surface area (Å²) in [6.45, 7) is 2.67.